The average molecular weight is 387 g/mol. The molecule has 2 aromatic rings. The highest BCUT2D eigenvalue weighted by molar-refractivity contribution is 8.26. The molecule has 0 spiro atoms. The smallest absolute Gasteiger partial charge is 0.343 e. The number of likely N-dealkylation sites (N-methyl/N-ethyl adjacent to an activating group) is 1. The number of carbonyl (C=O) groups excluding carboxylic acids is 2. The summed E-state index contributed by atoms with van der Waals surface area (Å²) in [5.41, 5.74) is 1.06. The number of rotatable bonds is 4. The molecule has 1 heterocycles. The monoisotopic (exact) mass is 387 g/mol. The first-order valence-corrected chi connectivity index (χ1v) is 9.03. The summed E-state index contributed by atoms with van der Waals surface area (Å²) in [6.45, 7) is 2.41. The van der Waals surface area contributed by atoms with E-state index in [1.165, 1.54) is 36.0 Å². The Bertz CT molecular complexity index is 892. The Labute approximate surface area is 159 Å². The zero-order valence-corrected chi connectivity index (χ0v) is 15.4. The molecule has 1 aliphatic heterocycles. The molecule has 1 saturated heterocycles. The summed E-state index contributed by atoms with van der Waals surface area (Å²) < 4.78 is 18.7. The third-order valence-corrected chi connectivity index (χ3v) is 5.04. The van der Waals surface area contributed by atoms with Crippen LogP contribution in [0.5, 0.6) is 5.75 Å². The van der Waals surface area contributed by atoms with Crippen molar-refractivity contribution in [2.75, 3.05) is 6.54 Å². The highest BCUT2D eigenvalue weighted by Gasteiger charge is 2.30. The lowest BCUT2D eigenvalue weighted by Gasteiger charge is -2.09. The number of halogens is 1. The van der Waals surface area contributed by atoms with E-state index in [1.807, 2.05) is 6.92 Å². The second-order valence-electron chi connectivity index (χ2n) is 5.39. The second-order valence-corrected chi connectivity index (χ2v) is 7.07. The molecule has 26 heavy (non-hydrogen) atoms. The van der Waals surface area contributed by atoms with Gasteiger partial charge in [-0.3, -0.25) is 9.69 Å². The van der Waals surface area contributed by atoms with Crippen LogP contribution < -0.4 is 4.74 Å². The lowest BCUT2D eigenvalue weighted by molar-refractivity contribution is -0.121. The van der Waals surface area contributed by atoms with Gasteiger partial charge in [0.2, 0.25) is 0 Å². The Morgan fingerprint density at radius 2 is 1.85 bits per heavy atom. The van der Waals surface area contributed by atoms with Crippen LogP contribution >= 0.6 is 24.0 Å². The normalized spacial score (nSPS) is 15.6. The van der Waals surface area contributed by atoms with Crippen molar-refractivity contribution in [2.45, 2.75) is 6.92 Å². The summed E-state index contributed by atoms with van der Waals surface area (Å²) in [5, 5.41) is 0. The number of thioether (sulfide) groups is 1. The van der Waals surface area contributed by atoms with Gasteiger partial charge >= 0.3 is 5.97 Å². The van der Waals surface area contributed by atoms with Crippen LogP contribution in [0.4, 0.5) is 4.39 Å². The van der Waals surface area contributed by atoms with Crippen molar-refractivity contribution in [1.82, 2.24) is 4.90 Å². The van der Waals surface area contributed by atoms with Crippen LogP contribution in [0.2, 0.25) is 0 Å². The molecule has 132 valence electrons. The summed E-state index contributed by atoms with van der Waals surface area (Å²) in [5.74, 6) is -0.729. The first-order valence-electron chi connectivity index (χ1n) is 7.81. The Morgan fingerprint density at radius 3 is 2.42 bits per heavy atom. The van der Waals surface area contributed by atoms with E-state index >= 15 is 0 Å². The van der Waals surface area contributed by atoms with Crippen LogP contribution in [0.15, 0.2) is 53.4 Å². The maximum atomic E-state index is 12.9. The van der Waals surface area contributed by atoms with E-state index in [-0.39, 0.29) is 11.5 Å². The zero-order valence-electron chi connectivity index (χ0n) is 13.8. The molecule has 1 aliphatic rings. The minimum Gasteiger partial charge on any atom is -0.423 e. The summed E-state index contributed by atoms with van der Waals surface area (Å²) in [6, 6.07) is 11.9. The van der Waals surface area contributed by atoms with Gasteiger partial charge in [0.05, 0.1) is 10.5 Å². The molecule has 1 fully saturated rings. The molecule has 0 unspecified atom stereocenters. The van der Waals surface area contributed by atoms with Gasteiger partial charge in [-0.25, -0.2) is 9.18 Å². The van der Waals surface area contributed by atoms with E-state index in [0.717, 1.165) is 5.56 Å². The molecule has 2 aromatic carbocycles. The predicted octanol–water partition coefficient (Wildman–Crippen LogP) is 4.27. The number of carbonyl (C=O) groups is 2. The molecular formula is C19H14FNO3S2. The minimum absolute atomic E-state index is 0.102. The topological polar surface area (TPSA) is 46.6 Å². The number of amides is 1. The highest BCUT2D eigenvalue weighted by Crippen LogP contribution is 2.32. The molecule has 0 N–H and O–H groups in total. The number of thiocarbonyl (C=S) groups is 1. The average Bonchev–Trinajstić information content (AvgIpc) is 2.90. The van der Waals surface area contributed by atoms with E-state index in [4.69, 9.17) is 17.0 Å². The van der Waals surface area contributed by atoms with Gasteiger partial charge in [0, 0.05) is 6.54 Å². The molecule has 0 bridgehead atoms. The van der Waals surface area contributed by atoms with E-state index in [1.54, 1.807) is 35.2 Å². The van der Waals surface area contributed by atoms with Gasteiger partial charge in [0.1, 0.15) is 15.9 Å². The van der Waals surface area contributed by atoms with Crippen LogP contribution in [0.1, 0.15) is 22.8 Å². The molecule has 0 aromatic heterocycles. The van der Waals surface area contributed by atoms with Crippen LogP contribution in [0, 0.1) is 5.82 Å². The Kier molecular flexibility index (Phi) is 5.49. The van der Waals surface area contributed by atoms with Crippen LogP contribution in [0.3, 0.4) is 0 Å². The van der Waals surface area contributed by atoms with Crippen molar-refractivity contribution in [2.24, 2.45) is 0 Å². The van der Waals surface area contributed by atoms with Gasteiger partial charge in [-0.1, -0.05) is 36.1 Å². The van der Waals surface area contributed by atoms with Gasteiger partial charge in [-0.05, 0) is 55.0 Å². The maximum Gasteiger partial charge on any atom is 0.343 e. The van der Waals surface area contributed by atoms with Crippen LogP contribution in [0.25, 0.3) is 6.08 Å². The van der Waals surface area contributed by atoms with E-state index in [9.17, 15) is 14.0 Å². The standard InChI is InChI=1S/C19H14FNO3S2/c1-2-21-17(22)16(26-19(21)25)11-12-3-9-15(10-4-12)24-18(23)13-5-7-14(20)8-6-13/h3-11H,2H2,1H3. The first kappa shape index (κ1) is 18.3. The summed E-state index contributed by atoms with van der Waals surface area (Å²) in [6.07, 6.45) is 1.75. The fraction of sp³-hybridized carbons (Fsp3) is 0.105. The molecule has 0 atom stereocenters. The van der Waals surface area contributed by atoms with Crippen molar-refractivity contribution in [1.29, 1.82) is 0 Å². The zero-order chi connectivity index (χ0) is 18.7. The minimum atomic E-state index is -0.568. The molecular weight excluding hydrogens is 373 g/mol. The van der Waals surface area contributed by atoms with Crippen LogP contribution in [-0.4, -0.2) is 27.6 Å². The number of nitrogens with zero attached hydrogens (tertiary/aromatic N) is 1. The van der Waals surface area contributed by atoms with Crippen molar-refractivity contribution >= 4 is 46.3 Å². The molecule has 0 radical (unpaired) electrons. The van der Waals surface area contributed by atoms with Gasteiger partial charge in [-0.15, -0.1) is 0 Å². The summed E-state index contributed by atoms with van der Waals surface area (Å²) in [4.78, 5) is 26.3. The fourth-order valence-electron chi connectivity index (χ4n) is 2.31. The van der Waals surface area contributed by atoms with Crippen molar-refractivity contribution in [3.05, 3.63) is 70.4 Å². The number of ether oxygens (including phenoxy) is 1. The lowest BCUT2D eigenvalue weighted by atomic mass is 10.2. The van der Waals surface area contributed by atoms with Crippen molar-refractivity contribution < 1.29 is 18.7 Å². The van der Waals surface area contributed by atoms with Gasteiger partial charge in [0.25, 0.3) is 5.91 Å². The van der Waals surface area contributed by atoms with Crippen LogP contribution in [-0.2, 0) is 4.79 Å². The highest BCUT2D eigenvalue weighted by atomic mass is 32.2. The second kappa shape index (κ2) is 7.80. The molecule has 1 amide bonds. The molecule has 0 saturated carbocycles. The Balaban J connectivity index is 1.70. The molecule has 0 aliphatic carbocycles. The van der Waals surface area contributed by atoms with E-state index in [0.29, 0.717) is 21.5 Å². The largest absolute Gasteiger partial charge is 0.423 e. The number of hydrogen-bond acceptors (Lipinski definition) is 5. The maximum absolute atomic E-state index is 12.9. The molecule has 7 heteroatoms. The van der Waals surface area contributed by atoms with Crippen molar-refractivity contribution in [3.63, 3.8) is 0 Å². The summed E-state index contributed by atoms with van der Waals surface area (Å²) in [7, 11) is 0. The van der Waals surface area contributed by atoms with Crippen molar-refractivity contribution in [3.8, 4) is 5.75 Å². The first-order chi connectivity index (χ1) is 12.5. The predicted molar refractivity (Wildman–Crippen MR) is 103 cm³/mol. The summed E-state index contributed by atoms with van der Waals surface area (Å²) >= 11 is 6.45. The number of esters is 1. The lowest BCUT2D eigenvalue weighted by Crippen LogP contribution is -2.27. The number of benzene rings is 2. The Hall–Kier alpha value is -2.51. The van der Waals surface area contributed by atoms with Gasteiger partial charge in [-0.2, -0.15) is 0 Å². The van der Waals surface area contributed by atoms with Gasteiger partial charge in [0.15, 0.2) is 0 Å². The SMILES string of the molecule is CCN1C(=O)C(=Cc2ccc(OC(=O)c3ccc(F)cc3)cc2)SC1=S. The quantitative estimate of drug-likeness (QED) is 0.339. The van der Waals surface area contributed by atoms with E-state index in [2.05, 4.69) is 0 Å². The van der Waals surface area contributed by atoms with Gasteiger partial charge < -0.3 is 4.74 Å². The number of hydrogen-bond donors (Lipinski definition) is 0. The fourth-order valence-corrected chi connectivity index (χ4v) is 3.69. The Morgan fingerprint density at radius 1 is 1.19 bits per heavy atom. The third kappa shape index (κ3) is 4.00. The molecule has 4 nitrogen and oxygen atoms in total. The third-order valence-electron chi connectivity index (χ3n) is 3.66. The molecule has 3 rings (SSSR count). The van der Waals surface area contributed by atoms with E-state index < -0.39 is 11.8 Å².